The van der Waals surface area contributed by atoms with Gasteiger partial charge in [0, 0.05) is 0 Å². The number of carbonyl (C=O) groups is 2. The molecule has 0 bridgehead atoms. The highest BCUT2D eigenvalue weighted by atomic mass is 16.4. The van der Waals surface area contributed by atoms with Gasteiger partial charge in [0.1, 0.15) is 12.1 Å². The van der Waals surface area contributed by atoms with Crippen molar-refractivity contribution in [2.45, 2.75) is 25.9 Å². The Hall–Kier alpha value is -1.14. The van der Waals surface area contributed by atoms with Gasteiger partial charge in [-0.2, -0.15) is 0 Å². The summed E-state index contributed by atoms with van der Waals surface area (Å²) in [6.45, 7) is 4.26. The SMILES string of the molecule is CCNC(C(=O)O)C(NCC)C(=O)O. The molecule has 82 valence electrons. The second kappa shape index (κ2) is 6.33. The Morgan fingerprint density at radius 3 is 1.43 bits per heavy atom. The molecular weight excluding hydrogens is 188 g/mol. The molecule has 0 heterocycles. The lowest BCUT2D eigenvalue weighted by Gasteiger charge is -2.21. The molecule has 0 spiro atoms. The van der Waals surface area contributed by atoms with Gasteiger partial charge in [-0.3, -0.25) is 9.59 Å². The number of carboxylic acids is 2. The van der Waals surface area contributed by atoms with Gasteiger partial charge in [-0.25, -0.2) is 0 Å². The molecule has 0 aliphatic rings. The van der Waals surface area contributed by atoms with Crippen LogP contribution in [0.5, 0.6) is 0 Å². The van der Waals surface area contributed by atoms with E-state index in [9.17, 15) is 9.59 Å². The lowest BCUT2D eigenvalue weighted by molar-refractivity contribution is -0.148. The van der Waals surface area contributed by atoms with Crippen molar-refractivity contribution in [2.24, 2.45) is 0 Å². The van der Waals surface area contributed by atoms with E-state index in [2.05, 4.69) is 10.6 Å². The van der Waals surface area contributed by atoms with Gasteiger partial charge in [0.25, 0.3) is 0 Å². The molecule has 0 aliphatic heterocycles. The third kappa shape index (κ3) is 3.71. The van der Waals surface area contributed by atoms with Gasteiger partial charge in [-0.15, -0.1) is 0 Å². The van der Waals surface area contributed by atoms with Crippen LogP contribution in [-0.2, 0) is 9.59 Å². The van der Waals surface area contributed by atoms with Crippen LogP contribution in [0.15, 0.2) is 0 Å². The van der Waals surface area contributed by atoms with E-state index in [4.69, 9.17) is 10.2 Å². The summed E-state index contributed by atoms with van der Waals surface area (Å²) in [5.74, 6) is -2.33. The Kier molecular flexibility index (Phi) is 5.82. The van der Waals surface area contributed by atoms with Crippen molar-refractivity contribution in [1.82, 2.24) is 10.6 Å². The van der Waals surface area contributed by atoms with Crippen LogP contribution in [0.2, 0.25) is 0 Å². The van der Waals surface area contributed by atoms with Crippen molar-refractivity contribution >= 4 is 11.9 Å². The summed E-state index contributed by atoms with van der Waals surface area (Å²) >= 11 is 0. The van der Waals surface area contributed by atoms with E-state index in [1.165, 1.54) is 0 Å². The fraction of sp³-hybridized carbons (Fsp3) is 0.750. The predicted molar refractivity (Wildman–Crippen MR) is 50.2 cm³/mol. The third-order valence-electron chi connectivity index (χ3n) is 1.71. The van der Waals surface area contributed by atoms with Crippen LogP contribution in [-0.4, -0.2) is 47.3 Å². The van der Waals surface area contributed by atoms with E-state index in [0.29, 0.717) is 13.1 Å². The van der Waals surface area contributed by atoms with Crippen molar-refractivity contribution in [3.8, 4) is 0 Å². The van der Waals surface area contributed by atoms with E-state index in [1.54, 1.807) is 13.8 Å². The van der Waals surface area contributed by atoms with Crippen LogP contribution in [0, 0.1) is 0 Å². The molecule has 14 heavy (non-hydrogen) atoms. The molecule has 4 N–H and O–H groups in total. The van der Waals surface area contributed by atoms with Gasteiger partial charge in [0.2, 0.25) is 0 Å². The van der Waals surface area contributed by atoms with E-state index in [0.717, 1.165) is 0 Å². The van der Waals surface area contributed by atoms with Gasteiger partial charge < -0.3 is 20.8 Å². The minimum atomic E-state index is -1.17. The molecule has 0 aliphatic carbocycles. The first-order valence-electron chi connectivity index (χ1n) is 4.46. The molecule has 0 saturated heterocycles. The van der Waals surface area contributed by atoms with Crippen molar-refractivity contribution in [3.63, 3.8) is 0 Å². The molecule has 2 unspecified atom stereocenters. The standard InChI is InChI=1S/C8H16N2O4/c1-3-9-5(7(11)12)6(8(13)14)10-4-2/h5-6,9-10H,3-4H2,1-2H3,(H,11,12)(H,13,14). The summed E-state index contributed by atoms with van der Waals surface area (Å²) in [4.78, 5) is 21.5. The van der Waals surface area contributed by atoms with Crippen LogP contribution in [0.3, 0.4) is 0 Å². The zero-order chi connectivity index (χ0) is 11.1. The number of rotatable bonds is 7. The monoisotopic (exact) mass is 204 g/mol. The number of hydrogen-bond donors (Lipinski definition) is 4. The second-order valence-corrected chi connectivity index (χ2v) is 2.75. The average molecular weight is 204 g/mol. The Balaban J connectivity index is 4.54. The van der Waals surface area contributed by atoms with E-state index in [-0.39, 0.29) is 0 Å². The number of carboxylic acid groups (broad SMARTS) is 2. The lowest BCUT2D eigenvalue weighted by Crippen LogP contribution is -2.56. The minimum Gasteiger partial charge on any atom is -0.480 e. The number of likely N-dealkylation sites (N-methyl/N-ethyl adjacent to an activating group) is 2. The first-order chi connectivity index (χ1) is 6.54. The molecule has 0 saturated carbocycles. The maximum atomic E-state index is 10.7. The highest BCUT2D eigenvalue weighted by Crippen LogP contribution is 1.95. The van der Waals surface area contributed by atoms with Crippen LogP contribution in [0.4, 0.5) is 0 Å². The van der Waals surface area contributed by atoms with Crippen LogP contribution < -0.4 is 10.6 Å². The second-order valence-electron chi connectivity index (χ2n) is 2.75. The first-order valence-corrected chi connectivity index (χ1v) is 4.46. The fourth-order valence-electron chi connectivity index (χ4n) is 1.14. The number of aliphatic carboxylic acids is 2. The molecule has 0 aromatic carbocycles. The molecule has 0 amide bonds. The Labute approximate surface area is 82.3 Å². The number of hydrogen-bond acceptors (Lipinski definition) is 4. The van der Waals surface area contributed by atoms with E-state index < -0.39 is 24.0 Å². The van der Waals surface area contributed by atoms with Gasteiger partial charge in [-0.05, 0) is 13.1 Å². The molecule has 0 fully saturated rings. The van der Waals surface area contributed by atoms with Crippen molar-refractivity contribution in [1.29, 1.82) is 0 Å². The molecule has 0 aromatic rings. The quantitative estimate of drug-likeness (QED) is 0.429. The number of nitrogens with one attached hydrogen (secondary N) is 2. The smallest absolute Gasteiger partial charge is 0.322 e. The van der Waals surface area contributed by atoms with Gasteiger partial charge in [0.05, 0.1) is 0 Å². The van der Waals surface area contributed by atoms with Crippen molar-refractivity contribution in [2.75, 3.05) is 13.1 Å². The zero-order valence-corrected chi connectivity index (χ0v) is 8.28. The summed E-state index contributed by atoms with van der Waals surface area (Å²) < 4.78 is 0. The summed E-state index contributed by atoms with van der Waals surface area (Å²) in [5, 5.41) is 22.8. The van der Waals surface area contributed by atoms with E-state index >= 15 is 0 Å². The maximum Gasteiger partial charge on any atom is 0.322 e. The highest BCUT2D eigenvalue weighted by molar-refractivity contribution is 5.85. The van der Waals surface area contributed by atoms with Crippen LogP contribution in [0.1, 0.15) is 13.8 Å². The largest absolute Gasteiger partial charge is 0.480 e. The van der Waals surface area contributed by atoms with Crippen LogP contribution in [0.25, 0.3) is 0 Å². The average Bonchev–Trinajstić information content (AvgIpc) is 2.10. The maximum absolute atomic E-state index is 10.7. The van der Waals surface area contributed by atoms with Crippen molar-refractivity contribution in [3.05, 3.63) is 0 Å². The van der Waals surface area contributed by atoms with Crippen LogP contribution >= 0.6 is 0 Å². The predicted octanol–water partition coefficient (Wildman–Crippen LogP) is -0.888. The Morgan fingerprint density at radius 2 is 1.29 bits per heavy atom. The molecule has 6 nitrogen and oxygen atoms in total. The third-order valence-corrected chi connectivity index (χ3v) is 1.71. The van der Waals surface area contributed by atoms with Gasteiger partial charge in [-0.1, -0.05) is 13.8 Å². The molecular formula is C8H16N2O4. The van der Waals surface area contributed by atoms with Crippen molar-refractivity contribution < 1.29 is 19.8 Å². The molecule has 0 rings (SSSR count). The molecule has 0 radical (unpaired) electrons. The zero-order valence-electron chi connectivity index (χ0n) is 8.28. The van der Waals surface area contributed by atoms with Gasteiger partial charge >= 0.3 is 11.9 Å². The first kappa shape index (κ1) is 12.9. The summed E-state index contributed by atoms with van der Waals surface area (Å²) in [6, 6.07) is -2.20. The summed E-state index contributed by atoms with van der Waals surface area (Å²) in [7, 11) is 0. The summed E-state index contributed by atoms with van der Waals surface area (Å²) in [5.41, 5.74) is 0. The Morgan fingerprint density at radius 1 is 1.00 bits per heavy atom. The topological polar surface area (TPSA) is 98.7 Å². The van der Waals surface area contributed by atoms with E-state index in [1.807, 2.05) is 0 Å². The Bertz CT molecular complexity index is 186. The minimum absolute atomic E-state index is 0.409. The molecule has 2 atom stereocenters. The normalized spacial score (nSPS) is 14.7. The lowest BCUT2D eigenvalue weighted by atomic mass is 10.1. The van der Waals surface area contributed by atoms with Gasteiger partial charge in [0.15, 0.2) is 0 Å². The molecule has 0 aromatic heterocycles. The summed E-state index contributed by atoms with van der Waals surface area (Å²) in [6.07, 6.45) is 0. The fourth-order valence-corrected chi connectivity index (χ4v) is 1.14. The highest BCUT2D eigenvalue weighted by Gasteiger charge is 2.32. The molecule has 6 heteroatoms.